The molecule has 0 N–H and O–H groups in total. The first-order chi connectivity index (χ1) is 10.7. The fourth-order valence-electron chi connectivity index (χ4n) is 3.03. The number of hydrogen-bond donors (Lipinski definition) is 0. The first kappa shape index (κ1) is 15.3. The summed E-state index contributed by atoms with van der Waals surface area (Å²) in [6.45, 7) is 1.82. The third kappa shape index (κ3) is 2.96. The minimum Gasteiger partial charge on any atom is -0.379 e. The second-order valence-electron chi connectivity index (χ2n) is 5.61. The van der Waals surface area contributed by atoms with Crippen molar-refractivity contribution in [2.45, 2.75) is 25.4 Å². The van der Waals surface area contributed by atoms with Crippen molar-refractivity contribution in [2.24, 2.45) is 7.05 Å². The number of alkyl halides is 1. The average molecular weight is 322 g/mol. The number of aryl methyl sites for hydroxylation is 1. The molecule has 1 fully saturated rings. The SMILES string of the molecule is Cn1nc(CN(C(=O)CCl)[C@H]2CCCOC2)c2ccccc21. The standard InChI is InChI=1S/C16H20ClN3O2/c1-19-15-7-3-2-6-13(15)14(18-19)10-20(16(21)9-17)12-5-4-8-22-11-12/h2-3,6-7,12H,4-5,8-11H2,1H3/t12-/m0/s1. The minimum atomic E-state index is -0.0631. The van der Waals surface area contributed by atoms with Crippen LogP contribution in [0.4, 0.5) is 0 Å². The number of amides is 1. The van der Waals surface area contributed by atoms with Gasteiger partial charge in [0.15, 0.2) is 0 Å². The maximum Gasteiger partial charge on any atom is 0.238 e. The van der Waals surface area contributed by atoms with Crippen molar-refractivity contribution in [2.75, 3.05) is 19.1 Å². The molecule has 0 spiro atoms. The smallest absolute Gasteiger partial charge is 0.238 e. The molecule has 0 saturated carbocycles. The van der Waals surface area contributed by atoms with Crippen molar-refractivity contribution < 1.29 is 9.53 Å². The fraction of sp³-hybridized carbons (Fsp3) is 0.500. The zero-order chi connectivity index (χ0) is 15.5. The number of carbonyl (C=O) groups is 1. The molecule has 1 atom stereocenters. The molecular weight excluding hydrogens is 302 g/mol. The lowest BCUT2D eigenvalue weighted by Crippen LogP contribution is -2.45. The number of benzene rings is 1. The number of rotatable bonds is 4. The quantitative estimate of drug-likeness (QED) is 0.812. The van der Waals surface area contributed by atoms with Crippen molar-refractivity contribution in [1.82, 2.24) is 14.7 Å². The lowest BCUT2D eigenvalue weighted by atomic mass is 10.1. The summed E-state index contributed by atoms with van der Waals surface area (Å²) in [6, 6.07) is 8.14. The molecule has 1 aliphatic rings. The molecule has 3 rings (SSSR count). The molecule has 1 aliphatic heterocycles. The molecule has 1 amide bonds. The summed E-state index contributed by atoms with van der Waals surface area (Å²) in [5.74, 6) is -0.0757. The molecule has 22 heavy (non-hydrogen) atoms. The van der Waals surface area contributed by atoms with Crippen LogP contribution >= 0.6 is 11.6 Å². The van der Waals surface area contributed by atoms with Crippen molar-refractivity contribution in [3.05, 3.63) is 30.0 Å². The van der Waals surface area contributed by atoms with Crippen LogP contribution in [0.15, 0.2) is 24.3 Å². The number of hydrogen-bond acceptors (Lipinski definition) is 3. The van der Waals surface area contributed by atoms with Crippen molar-refractivity contribution in [1.29, 1.82) is 0 Å². The highest BCUT2D eigenvalue weighted by molar-refractivity contribution is 6.27. The number of ether oxygens (including phenoxy) is 1. The van der Waals surface area contributed by atoms with Crippen LogP contribution in [0.5, 0.6) is 0 Å². The number of aromatic nitrogens is 2. The van der Waals surface area contributed by atoms with Crippen LogP contribution in [-0.4, -0.2) is 45.7 Å². The van der Waals surface area contributed by atoms with Gasteiger partial charge in [0.1, 0.15) is 5.88 Å². The van der Waals surface area contributed by atoms with E-state index >= 15 is 0 Å². The van der Waals surface area contributed by atoms with Gasteiger partial charge in [0.2, 0.25) is 5.91 Å². The van der Waals surface area contributed by atoms with Crippen molar-refractivity contribution in [3.8, 4) is 0 Å². The molecule has 1 saturated heterocycles. The van der Waals surface area contributed by atoms with Crippen LogP contribution < -0.4 is 0 Å². The van der Waals surface area contributed by atoms with Gasteiger partial charge in [-0.15, -0.1) is 11.6 Å². The van der Waals surface area contributed by atoms with Crippen LogP contribution in [0.25, 0.3) is 10.9 Å². The molecule has 1 aromatic carbocycles. The van der Waals surface area contributed by atoms with E-state index in [1.807, 2.05) is 40.9 Å². The summed E-state index contributed by atoms with van der Waals surface area (Å²) in [5, 5.41) is 5.66. The van der Waals surface area contributed by atoms with Gasteiger partial charge < -0.3 is 9.64 Å². The van der Waals surface area contributed by atoms with Gasteiger partial charge >= 0.3 is 0 Å². The van der Waals surface area contributed by atoms with Gasteiger partial charge in [0.05, 0.1) is 30.4 Å². The molecule has 0 bridgehead atoms. The van der Waals surface area contributed by atoms with Crippen LogP contribution in [0.3, 0.4) is 0 Å². The summed E-state index contributed by atoms with van der Waals surface area (Å²) < 4.78 is 7.38. The topological polar surface area (TPSA) is 47.4 Å². The molecule has 0 unspecified atom stereocenters. The Morgan fingerprint density at radius 2 is 2.32 bits per heavy atom. The van der Waals surface area contributed by atoms with Gasteiger partial charge in [-0.2, -0.15) is 5.10 Å². The summed E-state index contributed by atoms with van der Waals surface area (Å²) in [4.78, 5) is 14.1. The second-order valence-corrected chi connectivity index (χ2v) is 5.88. The lowest BCUT2D eigenvalue weighted by molar-refractivity contribution is -0.134. The summed E-state index contributed by atoms with van der Waals surface area (Å²) in [7, 11) is 1.92. The van der Waals surface area contributed by atoms with Gasteiger partial charge in [-0.3, -0.25) is 9.48 Å². The van der Waals surface area contributed by atoms with Crippen LogP contribution in [0.2, 0.25) is 0 Å². The minimum absolute atomic E-state index is 0.0126. The Balaban J connectivity index is 1.90. The molecular formula is C16H20ClN3O2. The Hall–Kier alpha value is -1.59. The molecule has 2 heterocycles. The Bertz CT molecular complexity index is 664. The number of para-hydroxylation sites is 1. The van der Waals surface area contributed by atoms with Crippen LogP contribution in [0, 0.1) is 0 Å². The molecule has 5 nitrogen and oxygen atoms in total. The third-order valence-electron chi connectivity index (χ3n) is 4.17. The van der Waals surface area contributed by atoms with E-state index in [0.29, 0.717) is 13.2 Å². The van der Waals surface area contributed by atoms with Crippen molar-refractivity contribution in [3.63, 3.8) is 0 Å². The molecule has 2 aromatic rings. The Kier molecular flexibility index (Phi) is 4.64. The van der Waals surface area contributed by atoms with Gasteiger partial charge in [-0.25, -0.2) is 0 Å². The first-order valence-corrected chi connectivity index (χ1v) is 8.08. The van der Waals surface area contributed by atoms with E-state index in [9.17, 15) is 4.79 Å². The summed E-state index contributed by atoms with van der Waals surface area (Å²) in [6.07, 6.45) is 1.92. The summed E-state index contributed by atoms with van der Waals surface area (Å²) >= 11 is 5.80. The monoisotopic (exact) mass is 321 g/mol. The maximum absolute atomic E-state index is 12.3. The van der Waals surface area contributed by atoms with Crippen molar-refractivity contribution >= 4 is 28.4 Å². The van der Waals surface area contributed by atoms with E-state index in [-0.39, 0.29) is 17.8 Å². The highest BCUT2D eigenvalue weighted by atomic mass is 35.5. The number of halogens is 1. The zero-order valence-corrected chi connectivity index (χ0v) is 13.4. The van der Waals surface area contributed by atoms with Gasteiger partial charge in [-0.1, -0.05) is 18.2 Å². The lowest BCUT2D eigenvalue weighted by Gasteiger charge is -2.33. The Labute approximate surface area is 134 Å². The average Bonchev–Trinajstić information content (AvgIpc) is 2.89. The number of fused-ring (bicyclic) bond motifs is 1. The molecule has 1 aromatic heterocycles. The van der Waals surface area contributed by atoms with Crippen LogP contribution in [-0.2, 0) is 23.1 Å². The summed E-state index contributed by atoms with van der Waals surface area (Å²) in [5.41, 5.74) is 1.97. The fourth-order valence-corrected chi connectivity index (χ4v) is 3.19. The predicted molar refractivity (Wildman–Crippen MR) is 85.8 cm³/mol. The van der Waals surface area contributed by atoms with E-state index in [2.05, 4.69) is 5.10 Å². The number of nitrogens with zero attached hydrogens (tertiary/aromatic N) is 3. The largest absolute Gasteiger partial charge is 0.379 e. The molecule has 0 aliphatic carbocycles. The molecule has 0 radical (unpaired) electrons. The van der Waals surface area contributed by atoms with E-state index in [4.69, 9.17) is 16.3 Å². The predicted octanol–water partition coefficient (Wildman–Crippen LogP) is 2.32. The van der Waals surface area contributed by atoms with Crippen LogP contribution in [0.1, 0.15) is 18.5 Å². The normalized spacial score (nSPS) is 18.5. The number of carbonyl (C=O) groups excluding carboxylic acids is 1. The third-order valence-corrected chi connectivity index (χ3v) is 4.39. The van der Waals surface area contributed by atoms with Gasteiger partial charge in [-0.05, 0) is 18.9 Å². The molecule has 6 heteroatoms. The van der Waals surface area contributed by atoms with E-state index in [0.717, 1.165) is 36.0 Å². The van der Waals surface area contributed by atoms with Gasteiger partial charge in [0, 0.05) is 19.0 Å². The zero-order valence-electron chi connectivity index (χ0n) is 12.7. The highest BCUT2D eigenvalue weighted by Gasteiger charge is 2.27. The molecule has 118 valence electrons. The van der Waals surface area contributed by atoms with E-state index in [1.54, 1.807) is 0 Å². The Morgan fingerprint density at radius 1 is 1.50 bits per heavy atom. The maximum atomic E-state index is 12.3. The second kappa shape index (κ2) is 6.67. The van der Waals surface area contributed by atoms with Gasteiger partial charge in [0.25, 0.3) is 0 Å². The Morgan fingerprint density at radius 3 is 3.05 bits per heavy atom. The van der Waals surface area contributed by atoms with E-state index < -0.39 is 0 Å². The van der Waals surface area contributed by atoms with E-state index in [1.165, 1.54) is 0 Å². The first-order valence-electron chi connectivity index (χ1n) is 7.54. The highest BCUT2D eigenvalue weighted by Crippen LogP contribution is 2.22.